The van der Waals surface area contributed by atoms with Gasteiger partial charge in [-0.05, 0) is 26.7 Å². The quantitative estimate of drug-likeness (QED) is 0.798. The molecule has 1 N–H and O–H groups in total. The number of fused-ring (bicyclic) bond motifs is 2. The molecule has 0 spiro atoms. The van der Waals surface area contributed by atoms with Crippen molar-refractivity contribution < 1.29 is 9.59 Å². The molecule has 2 atom stereocenters. The Bertz CT molecular complexity index is 299. The van der Waals surface area contributed by atoms with Crippen LogP contribution in [0.2, 0.25) is 0 Å². The van der Waals surface area contributed by atoms with E-state index in [4.69, 9.17) is 0 Å². The minimum Gasteiger partial charge on any atom is -0.354 e. The van der Waals surface area contributed by atoms with Gasteiger partial charge in [0.15, 0.2) is 0 Å². The number of carbonyl (C=O) groups excluding carboxylic acids is 2. The fourth-order valence-electron chi connectivity index (χ4n) is 3.05. The van der Waals surface area contributed by atoms with Crippen molar-refractivity contribution in [2.75, 3.05) is 6.54 Å². The first-order valence-electron chi connectivity index (χ1n) is 6.63. The van der Waals surface area contributed by atoms with Crippen LogP contribution in [0.4, 0.5) is 0 Å². The van der Waals surface area contributed by atoms with Crippen molar-refractivity contribution in [3.63, 3.8) is 0 Å². The molecule has 2 bridgehead atoms. The highest BCUT2D eigenvalue weighted by Gasteiger charge is 2.39. The maximum atomic E-state index is 11.6. The van der Waals surface area contributed by atoms with Gasteiger partial charge >= 0.3 is 0 Å². The number of ketones is 1. The third-order valence-electron chi connectivity index (χ3n) is 3.74. The van der Waals surface area contributed by atoms with Gasteiger partial charge in [-0.3, -0.25) is 14.5 Å². The minimum absolute atomic E-state index is 0.122. The van der Waals surface area contributed by atoms with E-state index in [2.05, 4.69) is 10.2 Å². The average molecular weight is 238 g/mol. The molecule has 2 fully saturated rings. The van der Waals surface area contributed by atoms with Crippen molar-refractivity contribution in [2.45, 2.75) is 64.1 Å². The fraction of sp³-hybridized carbons (Fsp3) is 0.846. The van der Waals surface area contributed by atoms with Gasteiger partial charge in [0.2, 0.25) is 5.91 Å². The van der Waals surface area contributed by atoms with E-state index >= 15 is 0 Å². The Kier molecular flexibility index (Phi) is 3.82. The van der Waals surface area contributed by atoms with Crippen molar-refractivity contribution in [2.24, 2.45) is 0 Å². The third kappa shape index (κ3) is 3.06. The maximum absolute atomic E-state index is 11.6. The SMILES string of the molecule is CC(C)NC(=O)CCN1C2CCC1CC(=O)C2. The van der Waals surface area contributed by atoms with Crippen LogP contribution in [0.3, 0.4) is 0 Å². The van der Waals surface area contributed by atoms with Gasteiger partial charge in [-0.15, -0.1) is 0 Å². The standard InChI is InChI=1S/C13H22N2O2/c1-9(2)14-13(17)5-6-15-10-3-4-11(15)8-12(16)7-10/h9-11H,3-8H2,1-2H3,(H,14,17). The number of nitrogens with zero attached hydrogens (tertiary/aromatic N) is 1. The molecule has 1 amide bonds. The summed E-state index contributed by atoms with van der Waals surface area (Å²) in [4.78, 5) is 25.4. The average Bonchev–Trinajstić information content (AvgIpc) is 2.45. The summed E-state index contributed by atoms with van der Waals surface area (Å²) in [5, 5.41) is 2.91. The molecule has 2 unspecified atom stereocenters. The monoisotopic (exact) mass is 238 g/mol. The summed E-state index contributed by atoms with van der Waals surface area (Å²) in [5.41, 5.74) is 0. The Morgan fingerprint density at radius 2 is 1.94 bits per heavy atom. The summed E-state index contributed by atoms with van der Waals surface area (Å²) in [6, 6.07) is 1.03. The molecule has 2 aliphatic heterocycles. The van der Waals surface area contributed by atoms with Crippen LogP contribution in [0.15, 0.2) is 0 Å². The molecule has 96 valence electrons. The lowest BCUT2D eigenvalue weighted by Gasteiger charge is -2.33. The zero-order valence-corrected chi connectivity index (χ0v) is 10.7. The molecule has 0 aromatic heterocycles. The van der Waals surface area contributed by atoms with Gasteiger partial charge in [0, 0.05) is 43.9 Å². The first kappa shape index (κ1) is 12.6. The van der Waals surface area contributed by atoms with Crippen LogP contribution in [0.5, 0.6) is 0 Å². The number of Topliss-reactive ketones (excluding diaryl/α,β-unsaturated/α-hetero) is 1. The Balaban J connectivity index is 1.80. The van der Waals surface area contributed by atoms with Gasteiger partial charge in [0.1, 0.15) is 5.78 Å². The zero-order valence-electron chi connectivity index (χ0n) is 10.7. The van der Waals surface area contributed by atoms with Crippen molar-refractivity contribution in [3.8, 4) is 0 Å². The largest absolute Gasteiger partial charge is 0.354 e. The van der Waals surface area contributed by atoms with Gasteiger partial charge in [-0.25, -0.2) is 0 Å². The smallest absolute Gasteiger partial charge is 0.221 e. The van der Waals surface area contributed by atoms with E-state index in [-0.39, 0.29) is 11.9 Å². The topological polar surface area (TPSA) is 49.4 Å². The lowest BCUT2D eigenvalue weighted by atomic mass is 10.0. The van der Waals surface area contributed by atoms with Crippen molar-refractivity contribution in [1.29, 1.82) is 0 Å². The molecule has 0 radical (unpaired) electrons. The van der Waals surface area contributed by atoms with Crippen molar-refractivity contribution in [1.82, 2.24) is 10.2 Å². The van der Waals surface area contributed by atoms with Gasteiger partial charge in [0.25, 0.3) is 0 Å². The van der Waals surface area contributed by atoms with Crippen LogP contribution in [0, 0.1) is 0 Å². The second kappa shape index (κ2) is 5.17. The Morgan fingerprint density at radius 3 is 2.47 bits per heavy atom. The van der Waals surface area contributed by atoms with E-state index in [0.29, 0.717) is 37.1 Å². The predicted molar refractivity (Wildman–Crippen MR) is 65.7 cm³/mol. The highest BCUT2D eigenvalue weighted by atomic mass is 16.1. The summed E-state index contributed by atoms with van der Waals surface area (Å²) < 4.78 is 0. The van der Waals surface area contributed by atoms with Gasteiger partial charge in [-0.2, -0.15) is 0 Å². The molecule has 0 aromatic carbocycles. The van der Waals surface area contributed by atoms with Crippen LogP contribution >= 0.6 is 0 Å². The molecule has 4 nitrogen and oxygen atoms in total. The first-order valence-corrected chi connectivity index (χ1v) is 6.63. The van der Waals surface area contributed by atoms with Crippen LogP contribution < -0.4 is 5.32 Å². The van der Waals surface area contributed by atoms with Gasteiger partial charge in [0.05, 0.1) is 0 Å². The highest BCUT2D eigenvalue weighted by Crippen LogP contribution is 2.33. The lowest BCUT2D eigenvalue weighted by Crippen LogP contribution is -2.45. The van der Waals surface area contributed by atoms with E-state index < -0.39 is 0 Å². The molecule has 2 aliphatic rings. The molecule has 17 heavy (non-hydrogen) atoms. The number of hydrogen-bond donors (Lipinski definition) is 1. The Hall–Kier alpha value is -0.900. The first-order chi connectivity index (χ1) is 8.06. The Labute approximate surface area is 103 Å². The number of rotatable bonds is 4. The second-order valence-electron chi connectivity index (χ2n) is 5.54. The number of carbonyl (C=O) groups is 2. The second-order valence-corrected chi connectivity index (χ2v) is 5.54. The molecule has 4 heteroatoms. The van der Waals surface area contributed by atoms with Crippen molar-refractivity contribution >= 4 is 11.7 Å². The molecule has 0 saturated carbocycles. The van der Waals surface area contributed by atoms with E-state index in [1.165, 1.54) is 0 Å². The van der Waals surface area contributed by atoms with Crippen LogP contribution in [-0.4, -0.2) is 41.3 Å². The zero-order chi connectivity index (χ0) is 12.4. The normalized spacial score (nSPS) is 28.8. The molecule has 0 aliphatic carbocycles. The molecule has 2 heterocycles. The summed E-state index contributed by atoms with van der Waals surface area (Å²) >= 11 is 0. The molecular weight excluding hydrogens is 216 g/mol. The fourth-order valence-corrected chi connectivity index (χ4v) is 3.05. The van der Waals surface area contributed by atoms with Gasteiger partial charge in [-0.1, -0.05) is 0 Å². The van der Waals surface area contributed by atoms with E-state index in [0.717, 1.165) is 19.4 Å². The molecular formula is C13H22N2O2. The maximum Gasteiger partial charge on any atom is 0.221 e. The molecule has 0 aromatic rings. The van der Waals surface area contributed by atoms with Crippen LogP contribution in [-0.2, 0) is 9.59 Å². The van der Waals surface area contributed by atoms with Crippen molar-refractivity contribution in [3.05, 3.63) is 0 Å². The van der Waals surface area contributed by atoms with Crippen LogP contribution in [0.1, 0.15) is 46.0 Å². The summed E-state index contributed by atoms with van der Waals surface area (Å²) in [6.45, 7) is 4.75. The number of amides is 1. The van der Waals surface area contributed by atoms with E-state index in [1.54, 1.807) is 0 Å². The van der Waals surface area contributed by atoms with E-state index in [1.807, 2.05) is 13.8 Å². The third-order valence-corrected chi connectivity index (χ3v) is 3.74. The highest BCUT2D eigenvalue weighted by molar-refractivity contribution is 5.81. The predicted octanol–water partition coefficient (Wildman–Crippen LogP) is 1.10. The van der Waals surface area contributed by atoms with E-state index in [9.17, 15) is 9.59 Å². The summed E-state index contributed by atoms with van der Waals surface area (Å²) in [7, 11) is 0. The van der Waals surface area contributed by atoms with Gasteiger partial charge < -0.3 is 5.32 Å². The lowest BCUT2D eigenvalue weighted by molar-refractivity contribution is -0.124. The molecule has 2 saturated heterocycles. The summed E-state index contributed by atoms with van der Waals surface area (Å²) in [5.74, 6) is 0.525. The number of hydrogen-bond acceptors (Lipinski definition) is 3. The Morgan fingerprint density at radius 1 is 1.35 bits per heavy atom. The minimum atomic E-state index is 0.122. The molecule has 2 rings (SSSR count). The summed E-state index contributed by atoms with van der Waals surface area (Å²) in [6.07, 6.45) is 4.20. The van der Waals surface area contributed by atoms with Crippen LogP contribution in [0.25, 0.3) is 0 Å². The number of nitrogens with one attached hydrogen (secondary N) is 1. The number of piperidine rings is 1.